The highest BCUT2D eigenvalue weighted by Crippen LogP contribution is 2.37. The third kappa shape index (κ3) is 3.91. The van der Waals surface area contributed by atoms with Gasteiger partial charge in [0, 0.05) is 6.42 Å². The monoisotopic (exact) mass is 340 g/mol. The summed E-state index contributed by atoms with van der Waals surface area (Å²) >= 11 is 0. The van der Waals surface area contributed by atoms with Crippen LogP contribution in [0.1, 0.15) is 22.8 Å². The van der Waals surface area contributed by atoms with E-state index in [9.17, 15) is 0 Å². The van der Waals surface area contributed by atoms with E-state index < -0.39 is 0 Å². The van der Waals surface area contributed by atoms with Gasteiger partial charge in [-0.1, -0.05) is 35.5 Å². The Morgan fingerprint density at radius 3 is 2.36 bits per heavy atom. The minimum atomic E-state index is 0.136. The SMILES string of the molecule is COc1cccc(OC)c1OCc1nc(Cc2ccccc2C)no1. The maximum atomic E-state index is 5.78. The molecule has 130 valence electrons. The second-order valence-electron chi connectivity index (χ2n) is 5.49. The molecule has 2 aromatic carbocycles. The second kappa shape index (κ2) is 7.70. The number of methoxy groups -OCH3 is 2. The largest absolute Gasteiger partial charge is 0.493 e. The Balaban J connectivity index is 1.70. The molecular weight excluding hydrogens is 320 g/mol. The van der Waals surface area contributed by atoms with Gasteiger partial charge in [-0.25, -0.2) is 0 Å². The summed E-state index contributed by atoms with van der Waals surface area (Å²) in [5, 5.41) is 4.02. The molecule has 0 amide bonds. The molecule has 3 rings (SSSR count). The lowest BCUT2D eigenvalue weighted by Crippen LogP contribution is -2.00. The summed E-state index contributed by atoms with van der Waals surface area (Å²) in [4.78, 5) is 4.39. The summed E-state index contributed by atoms with van der Waals surface area (Å²) in [5.41, 5.74) is 2.37. The van der Waals surface area contributed by atoms with Crippen molar-refractivity contribution in [1.29, 1.82) is 0 Å². The summed E-state index contributed by atoms with van der Waals surface area (Å²) in [6.07, 6.45) is 0.619. The Hall–Kier alpha value is -3.02. The molecule has 0 aliphatic rings. The van der Waals surface area contributed by atoms with Crippen molar-refractivity contribution >= 4 is 0 Å². The van der Waals surface area contributed by atoms with Crippen molar-refractivity contribution in [3.8, 4) is 17.2 Å². The van der Waals surface area contributed by atoms with Crippen molar-refractivity contribution < 1.29 is 18.7 Å². The molecule has 0 atom stereocenters. The van der Waals surface area contributed by atoms with Crippen molar-refractivity contribution in [2.75, 3.05) is 14.2 Å². The fourth-order valence-electron chi connectivity index (χ4n) is 2.49. The Labute approximate surface area is 146 Å². The van der Waals surface area contributed by atoms with Crippen LogP contribution in [0.2, 0.25) is 0 Å². The van der Waals surface area contributed by atoms with E-state index in [1.807, 2.05) is 18.2 Å². The van der Waals surface area contributed by atoms with Crippen LogP contribution >= 0.6 is 0 Å². The second-order valence-corrected chi connectivity index (χ2v) is 5.49. The zero-order chi connectivity index (χ0) is 17.6. The van der Waals surface area contributed by atoms with Crippen LogP contribution < -0.4 is 14.2 Å². The molecule has 3 aromatic rings. The summed E-state index contributed by atoms with van der Waals surface area (Å²) in [7, 11) is 3.16. The van der Waals surface area contributed by atoms with E-state index in [1.165, 1.54) is 11.1 Å². The predicted octanol–water partition coefficient (Wildman–Crippen LogP) is 3.57. The first-order chi connectivity index (χ1) is 12.2. The van der Waals surface area contributed by atoms with Gasteiger partial charge in [-0.2, -0.15) is 4.98 Å². The molecule has 25 heavy (non-hydrogen) atoms. The number of aryl methyl sites for hydroxylation is 1. The summed E-state index contributed by atoms with van der Waals surface area (Å²) in [6.45, 7) is 2.20. The molecule has 0 saturated heterocycles. The smallest absolute Gasteiger partial charge is 0.264 e. The summed E-state index contributed by atoms with van der Waals surface area (Å²) in [6, 6.07) is 13.6. The van der Waals surface area contributed by atoms with E-state index in [0.29, 0.717) is 35.4 Å². The molecule has 0 unspecified atom stereocenters. The van der Waals surface area contributed by atoms with Crippen LogP contribution in [-0.2, 0) is 13.0 Å². The highest BCUT2D eigenvalue weighted by molar-refractivity contribution is 5.51. The van der Waals surface area contributed by atoms with Gasteiger partial charge in [-0.3, -0.25) is 0 Å². The van der Waals surface area contributed by atoms with E-state index in [0.717, 1.165) is 0 Å². The zero-order valence-electron chi connectivity index (χ0n) is 14.5. The molecule has 6 nitrogen and oxygen atoms in total. The normalized spacial score (nSPS) is 10.5. The number of hydrogen-bond donors (Lipinski definition) is 0. The fraction of sp³-hybridized carbons (Fsp3) is 0.263. The minimum absolute atomic E-state index is 0.136. The number of ether oxygens (including phenoxy) is 3. The average molecular weight is 340 g/mol. The van der Waals surface area contributed by atoms with E-state index in [1.54, 1.807) is 26.4 Å². The number of rotatable bonds is 7. The molecule has 0 fully saturated rings. The average Bonchev–Trinajstić information content (AvgIpc) is 3.09. The molecule has 0 spiro atoms. The standard InChI is InChI=1S/C19H20N2O4/c1-13-7-4-5-8-14(13)11-17-20-18(25-21-17)12-24-19-15(22-2)9-6-10-16(19)23-3/h4-10H,11-12H2,1-3H3. The molecule has 0 aliphatic carbocycles. The number of nitrogens with zero attached hydrogens (tertiary/aromatic N) is 2. The van der Waals surface area contributed by atoms with Gasteiger partial charge in [-0.05, 0) is 30.2 Å². The van der Waals surface area contributed by atoms with Crippen molar-refractivity contribution in [3.05, 3.63) is 65.3 Å². The van der Waals surface area contributed by atoms with Crippen molar-refractivity contribution in [2.24, 2.45) is 0 Å². The van der Waals surface area contributed by atoms with Crippen LogP contribution in [-0.4, -0.2) is 24.4 Å². The van der Waals surface area contributed by atoms with Crippen LogP contribution in [0.5, 0.6) is 17.2 Å². The molecule has 1 aromatic heterocycles. The molecule has 0 radical (unpaired) electrons. The lowest BCUT2D eigenvalue weighted by Gasteiger charge is -2.12. The van der Waals surface area contributed by atoms with E-state index in [4.69, 9.17) is 18.7 Å². The Morgan fingerprint density at radius 2 is 1.68 bits per heavy atom. The van der Waals surface area contributed by atoms with Crippen molar-refractivity contribution in [2.45, 2.75) is 20.0 Å². The topological polar surface area (TPSA) is 66.6 Å². The Morgan fingerprint density at radius 1 is 0.960 bits per heavy atom. The van der Waals surface area contributed by atoms with Gasteiger partial charge in [0.05, 0.1) is 14.2 Å². The lowest BCUT2D eigenvalue weighted by molar-refractivity contribution is 0.223. The number of hydrogen-bond acceptors (Lipinski definition) is 6. The van der Waals surface area contributed by atoms with Crippen LogP contribution in [0, 0.1) is 6.92 Å². The third-order valence-electron chi connectivity index (χ3n) is 3.84. The van der Waals surface area contributed by atoms with Gasteiger partial charge in [0.2, 0.25) is 5.75 Å². The maximum absolute atomic E-state index is 5.78. The molecule has 0 N–H and O–H groups in total. The highest BCUT2D eigenvalue weighted by atomic mass is 16.5. The van der Waals surface area contributed by atoms with Crippen LogP contribution in [0.4, 0.5) is 0 Å². The van der Waals surface area contributed by atoms with Gasteiger partial charge >= 0.3 is 0 Å². The number of benzene rings is 2. The minimum Gasteiger partial charge on any atom is -0.493 e. The van der Waals surface area contributed by atoms with Crippen LogP contribution in [0.25, 0.3) is 0 Å². The van der Waals surface area contributed by atoms with E-state index in [2.05, 4.69) is 29.2 Å². The first kappa shape index (κ1) is 16.8. The lowest BCUT2D eigenvalue weighted by atomic mass is 10.1. The third-order valence-corrected chi connectivity index (χ3v) is 3.84. The van der Waals surface area contributed by atoms with Crippen molar-refractivity contribution in [3.63, 3.8) is 0 Å². The van der Waals surface area contributed by atoms with Gasteiger partial charge < -0.3 is 18.7 Å². The predicted molar refractivity (Wildman–Crippen MR) is 92.2 cm³/mol. The first-order valence-corrected chi connectivity index (χ1v) is 7.91. The molecule has 0 aliphatic heterocycles. The van der Waals surface area contributed by atoms with Gasteiger partial charge in [0.15, 0.2) is 23.9 Å². The highest BCUT2D eigenvalue weighted by Gasteiger charge is 2.14. The van der Waals surface area contributed by atoms with Gasteiger partial charge in [0.1, 0.15) is 0 Å². The van der Waals surface area contributed by atoms with Crippen LogP contribution in [0.15, 0.2) is 47.0 Å². The first-order valence-electron chi connectivity index (χ1n) is 7.91. The van der Waals surface area contributed by atoms with E-state index >= 15 is 0 Å². The maximum Gasteiger partial charge on any atom is 0.264 e. The zero-order valence-corrected chi connectivity index (χ0v) is 14.5. The molecule has 1 heterocycles. The summed E-state index contributed by atoms with van der Waals surface area (Å²) in [5.74, 6) is 2.69. The van der Waals surface area contributed by atoms with Crippen LogP contribution in [0.3, 0.4) is 0 Å². The van der Waals surface area contributed by atoms with E-state index in [-0.39, 0.29) is 6.61 Å². The molecule has 6 heteroatoms. The molecule has 0 bridgehead atoms. The number of aromatic nitrogens is 2. The quantitative estimate of drug-likeness (QED) is 0.655. The fourth-order valence-corrected chi connectivity index (χ4v) is 2.49. The van der Waals surface area contributed by atoms with Crippen molar-refractivity contribution in [1.82, 2.24) is 10.1 Å². The summed E-state index contributed by atoms with van der Waals surface area (Å²) < 4.78 is 21.7. The van der Waals surface area contributed by atoms with Gasteiger partial charge in [-0.15, -0.1) is 0 Å². The molecular formula is C19H20N2O4. The Kier molecular flexibility index (Phi) is 5.18. The van der Waals surface area contributed by atoms with Gasteiger partial charge in [0.25, 0.3) is 5.89 Å². The molecule has 0 saturated carbocycles. The number of para-hydroxylation sites is 1. The Bertz CT molecular complexity index is 823.